The number of rotatable bonds is 51. The summed E-state index contributed by atoms with van der Waals surface area (Å²) in [5.41, 5.74) is 0. The summed E-state index contributed by atoms with van der Waals surface area (Å²) in [6.45, 7) is 7.40. The molecule has 0 fully saturated rings. The summed E-state index contributed by atoms with van der Waals surface area (Å²) in [7, 11) is 0. The quantitative estimate of drug-likeness (QED) is 0.0345. The summed E-state index contributed by atoms with van der Waals surface area (Å²) < 4.78 is 17.4. The van der Waals surface area contributed by atoms with Crippen molar-refractivity contribution in [1.29, 1.82) is 0 Å². The third-order valence-electron chi connectivity index (χ3n) is 11.5. The van der Waals surface area contributed by atoms with Crippen LogP contribution in [0, 0.1) is 0 Å². The Morgan fingerprint density at radius 3 is 1.01 bits per heavy atom. The number of carbonyl (C=O) groups is 2. The zero-order chi connectivity index (χ0) is 52.0. The fourth-order valence-corrected chi connectivity index (χ4v) is 7.27. The Morgan fingerprint density at radius 2 is 0.625 bits per heavy atom. The largest absolute Gasteiger partial charge is 0.462 e. The SMILES string of the molecule is CC/C=C\C/C=C\C/C=C\C/C=C\C/C=C\CCCCCC(=O)OCC(COCCCC/C=C\C/C=C\C/C=C\C/C=C\C/C=C\CC)OC(=O)CCCCCCCC/C=C\C/C=C\C/C=C\CCCCC. The van der Waals surface area contributed by atoms with E-state index in [1.165, 1.54) is 44.9 Å². The van der Waals surface area contributed by atoms with Crippen molar-refractivity contribution in [2.75, 3.05) is 19.8 Å². The van der Waals surface area contributed by atoms with E-state index in [2.05, 4.69) is 179 Å². The number of ether oxygens (including phenoxy) is 3. The van der Waals surface area contributed by atoms with E-state index >= 15 is 0 Å². The monoisotopic (exact) mass is 991 g/mol. The van der Waals surface area contributed by atoms with Crippen LogP contribution in [-0.2, 0) is 23.8 Å². The van der Waals surface area contributed by atoms with Crippen molar-refractivity contribution in [2.24, 2.45) is 0 Å². The molecule has 0 heterocycles. The summed E-state index contributed by atoms with van der Waals surface area (Å²) in [5.74, 6) is -0.484. The molecule has 1 unspecified atom stereocenters. The van der Waals surface area contributed by atoms with Crippen LogP contribution >= 0.6 is 0 Å². The summed E-state index contributed by atoms with van der Waals surface area (Å²) in [6.07, 6.45) is 89.8. The number of esters is 2. The minimum Gasteiger partial charge on any atom is -0.462 e. The third-order valence-corrected chi connectivity index (χ3v) is 11.5. The van der Waals surface area contributed by atoms with Gasteiger partial charge in [0.25, 0.3) is 0 Å². The molecule has 0 aromatic carbocycles. The van der Waals surface area contributed by atoms with Gasteiger partial charge in [-0.3, -0.25) is 9.59 Å². The second-order valence-electron chi connectivity index (χ2n) is 18.4. The van der Waals surface area contributed by atoms with Gasteiger partial charge in [0, 0.05) is 19.4 Å². The Bertz CT molecular complexity index is 1590. The molecule has 72 heavy (non-hydrogen) atoms. The lowest BCUT2D eigenvalue weighted by atomic mass is 10.1. The number of hydrogen-bond donors (Lipinski definition) is 0. The van der Waals surface area contributed by atoms with Gasteiger partial charge in [0.1, 0.15) is 6.61 Å². The molecule has 0 saturated carbocycles. The highest BCUT2D eigenvalue weighted by Gasteiger charge is 2.17. The van der Waals surface area contributed by atoms with Gasteiger partial charge in [0.2, 0.25) is 0 Å². The zero-order valence-corrected chi connectivity index (χ0v) is 46.4. The van der Waals surface area contributed by atoms with Crippen LogP contribution in [-0.4, -0.2) is 37.9 Å². The average Bonchev–Trinajstić information content (AvgIpc) is 3.38. The Kier molecular flexibility index (Phi) is 57.0. The van der Waals surface area contributed by atoms with Gasteiger partial charge < -0.3 is 14.2 Å². The lowest BCUT2D eigenvalue weighted by molar-refractivity contribution is -0.163. The molecular formula is C67H106O5. The number of carbonyl (C=O) groups excluding carboxylic acids is 2. The van der Waals surface area contributed by atoms with E-state index < -0.39 is 6.10 Å². The van der Waals surface area contributed by atoms with Crippen LogP contribution in [0.15, 0.2) is 158 Å². The molecule has 0 aromatic rings. The van der Waals surface area contributed by atoms with Crippen LogP contribution in [0.4, 0.5) is 0 Å². The van der Waals surface area contributed by atoms with Crippen molar-refractivity contribution in [3.05, 3.63) is 158 Å². The Hall–Kier alpha value is -4.48. The maximum atomic E-state index is 12.9. The summed E-state index contributed by atoms with van der Waals surface area (Å²) in [5, 5.41) is 0. The lowest BCUT2D eigenvalue weighted by Gasteiger charge is -2.18. The smallest absolute Gasteiger partial charge is 0.306 e. The Labute approximate surface area is 444 Å². The van der Waals surface area contributed by atoms with E-state index in [9.17, 15) is 9.59 Å². The molecule has 1 atom stereocenters. The van der Waals surface area contributed by atoms with Crippen molar-refractivity contribution in [1.82, 2.24) is 0 Å². The van der Waals surface area contributed by atoms with Crippen LogP contribution in [0.5, 0.6) is 0 Å². The zero-order valence-electron chi connectivity index (χ0n) is 46.4. The molecule has 0 aromatic heterocycles. The maximum Gasteiger partial charge on any atom is 0.306 e. The van der Waals surface area contributed by atoms with Gasteiger partial charge >= 0.3 is 11.9 Å². The van der Waals surface area contributed by atoms with E-state index in [0.29, 0.717) is 19.4 Å². The number of allylic oxidation sites excluding steroid dienone is 26. The summed E-state index contributed by atoms with van der Waals surface area (Å²) >= 11 is 0. The molecule has 0 bridgehead atoms. The minimum atomic E-state index is -0.594. The molecule has 5 heteroatoms. The van der Waals surface area contributed by atoms with Gasteiger partial charge in [-0.15, -0.1) is 0 Å². The highest BCUT2D eigenvalue weighted by molar-refractivity contribution is 5.70. The standard InChI is InChI=1S/C67H106O5/c1-4-7-10-13-16-19-22-25-28-31-34-36-39-42-45-48-51-54-57-60-66(68)71-64-65(63-70-62-59-56-53-50-47-44-41-38-33-30-27-24-21-18-15-12-9-6-3)72-67(69)61-58-55-52-49-46-43-40-37-35-32-29-26-23-20-17-14-11-8-5-2/h7,9-10,12,16-21,25-30,34-38,41-42,45,47,50,65H,4-6,8,11,13-15,22-24,31-33,39-40,43-44,46,48-49,51-64H2,1-3H3/b10-7-,12-9-,19-16-,20-17-,21-18-,28-25-,29-26-,30-27-,36-34-,37-35-,41-38-,45-42-,50-47-. The molecule has 0 saturated heterocycles. The fourth-order valence-electron chi connectivity index (χ4n) is 7.27. The van der Waals surface area contributed by atoms with Gasteiger partial charge in [-0.25, -0.2) is 0 Å². The van der Waals surface area contributed by atoms with Crippen molar-refractivity contribution < 1.29 is 23.8 Å². The summed E-state index contributed by atoms with van der Waals surface area (Å²) in [4.78, 5) is 25.6. The number of unbranched alkanes of at least 4 members (excludes halogenated alkanes) is 14. The lowest BCUT2D eigenvalue weighted by Crippen LogP contribution is -2.30. The summed E-state index contributed by atoms with van der Waals surface area (Å²) in [6, 6.07) is 0. The van der Waals surface area contributed by atoms with E-state index in [-0.39, 0.29) is 25.2 Å². The van der Waals surface area contributed by atoms with Gasteiger partial charge in [0.05, 0.1) is 6.61 Å². The van der Waals surface area contributed by atoms with Gasteiger partial charge in [-0.05, 0) is 148 Å². The van der Waals surface area contributed by atoms with E-state index in [1.807, 2.05) is 0 Å². The third kappa shape index (κ3) is 58.1. The molecule has 0 amide bonds. The van der Waals surface area contributed by atoms with Crippen molar-refractivity contribution in [2.45, 2.75) is 232 Å². The molecule has 5 nitrogen and oxygen atoms in total. The van der Waals surface area contributed by atoms with Crippen LogP contribution in [0.25, 0.3) is 0 Å². The van der Waals surface area contributed by atoms with Crippen LogP contribution < -0.4 is 0 Å². The second kappa shape index (κ2) is 60.8. The minimum absolute atomic E-state index is 0.0336. The van der Waals surface area contributed by atoms with E-state index in [4.69, 9.17) is 14.2 Å². The molecule has 0 aliphatic carbocycles. The molecule has 0 N–H and O–H groups in total. The highest BCUT2D eigenvalue weighted by atomic mass is 16.6. The first-order chi connectivity index (χ1) is 35.6. The average molecular weight is 992 g/mol. The van der Waals surface area contributed by atoms with Gasteiger partial charge in [-0.2, -0.15) is 0 Å². The fraction of sp³-hybridized carbons (Fsp3) is 0.582. The van der Waals surface area contributed by atoms with Crippen LogP contribution in [0.1, 0.15) is 226 Å². The Balaban J connectivity index is 4.49. The molecule has 0 rings (SSSR count). The van der Waals surface area contributed by atoms with Crippen LogP contribution in [0.3, 0.4) is 0 Å². The van der Waals surface area contributed by atoms with E-state index in [1.54, 1.807) is 0 Å². The normalized spacial score (nSPS) is 13.4. The molecule has 0 spiro atoms. The second-order valence-corrected chi connectivity index (χ2v) is 18.4. The first kappa shape index (κ1) is 67.5. The predicted octanol–water partition coefficient (Wildman–Crippen LogP) is 20.2. The molecular weight excluding hydrogens is 885 g/mol. The number of hydrogen-bond acceptors (Lipinski definition) is 5. The van der Waals surface area contributed by atoms with Gasteiger partial charge in [-0.1, -0.05) is 224 Å². The molecule has 0 aliphatic heterocycles. The molecule has 404 valence electrons. The van der Waals surface area contributed by atoms with Crippen LogP contribution in [0.2, 0.25) is 0 Å². The molecule has 0 aliphatic rings. The highest BCUT2D eigenvalue weighted by Crippen LogP contribution is 2.12. The van der Waals surface area contributed by atoms with Crippen molar-refractivity contribution >= 4 is 11.9 Å². The first-order valence-corrected chi connectivity index (χ1v) is 29.0. The van der Waals surface area contributed by atoms with E-state index in [0.717, 1.165) is 148 Å². The molecule has 0 radical (unpaired) electrons. The Morgan fingerprint density at radius 1 is 0.319 bits per heavy atom. The van der Waals surface area contributed by atoms with Gasteiger partial charge in [0.15, 0.2) is 6.10 Å². The maximum absolute atomic E-state index is 12.9. The first-order valence-electron chi connectivity index (χ1n) is 29.0. The predicted molar refractivity (Wildman–Crippen MR) is 315 cm³/mol. The topological polar surface area (TPSA) is 61.8 Å². The van der Waals surface area contributed by atoms with Crippen molar-refractivity contribution in [3.63, 3.8) is 0 Å². The van der Waals surface area contributed by atoms with Crippen molar-refractivity contribution in [3.8, 4) is 0 Å².